The number of H-pyrrole nitrogens is 1. The zero-order valence-electron chi connectivity index (χ0n) is 14.8. The quantitative estimate of drug-likeness (QED) is 0.595. The van der Waals surface area contributed by atoms with Gasteiger partial charge in [0.25, 0.3) is 5.56 Å². The number of carbonyl (C=O) groups excluding carboxylic acids is 1. The van der Waals surface area contributed by atoms with Crippen molar-refractivity contribution >= 4 is 39.3 Å². The number of nitrogens with one attached hydrogen (secondary N) is 1. The van der Waals surface area contributed by atoms with Crippen LogP contribution in [-0.4, -0.2) is 27.8 Å². The van der Waals surface area contributed by atoms with Gasteiger partial charge in [0.05, 0.1) is 17.6 Å². The van der Waals surface area contributed by atoms with Crippen LogP contribution in [0.2, 0.25) is 0 Å². The van der Waals surface area contributed by atoms with Crippen LogP contribution in [0.5, 0.6) is 0 Å². The van der Waals surface area contributed by atoms with Crippen LogP contribution in [0.4, 0.5) is 0 Å². The minimum Gasteiger partial charge on any atom is -0.462 e. The molecule has 5 nitrogen and oxygen atoms in total. The average Bonchev–Trinajstić information content (AvgIpc) is 3.20. The zero-order valence-corrected chi connectivity index (χ0v) is 16.5. The third-order valence-electron chi connectivity index (χ3n) is 5.16. The van der Waals surface area contributed by atoms with Crippen molar-refractivity contribution in [2.45, 2.75) is 69.6 Å². The van der Waals surface area contributed by atoms with Crippen molar-refractivity contribution in [1.82, 2.24) is 9.97 Å². The summed E-state index contributed by atoms with van der Waals surface area (Å²) in [6, 6.07) is 0. The first-order valence-corrected chi connectivity index (χ1v) is 11.5. The fourth-order valence-corrected chi connectivity index (χ4v) is 5.93. The molecule has 0 atom stereocenters. The maximum absolute atomic E-state index is 12.4. The molecule has 2 aliphatic carbocycles. The second-order valence-corrected chi connectivity index (χ2v) is 9.29. The molecule has 1 N–H and O–H groups in total. The topological polar surface area (TPSA) is 72.0 Å². The van der Waals surface area contributed by atoms with E-state index in [2.05, 4.69) is 9.97 Å². The number of fused-ring (bicyclic) bond motifs is 3. The Morgan fingerprint density at radius 2 is 2.08 bits per heavy atom. The van der Waals surface area contributed by atoms with Gasteiger partial charge in [-0.1, -0.05) is 6.42 Å². The molecule has 4 rings (SSSR count). The SMILES string of the molecule is O=C(CCSCc1nc2sc3c(c2c(=O)[nH]1)CCC3)OC1CCCCC1. The van der Waals surface area contributed by atoms with E-state index in [4.69, 9.17) is 4.74 Å². The fraction of sp³-hybridized carbons (Fsp3) is 0.632. The summed E-state index contributed by atoms with van der Waals surface area (Å²) in [5.41, 5.74) is 1.20. The van der Waals surface area contributed by atoms with E-state index in [9.17, 15) is 9.59 Å². The second-order valence-electron chi connectivity index (χ2n) is 7.10. The Kier molecular flexibility index (Phi) is 5.64. The van der Waals surface area contributed by atoms with Gasteiger partial charge in [-0.3, -0.25) is 9.59 Å². The number of aromatic nitrogens is 2. The number of hydrogen-bond acceptors (Lipinski definition) is 6. The highest BCUT2D eigenvalue weighted by Gasteiger charge is 2.21. The predicted molar refractivity (Wildman–Crippen MR) is 106 cm³/mol. The number of thiophene rings is 1. The Morgan fingerprint density at radius 1 is 1.23 bits per heavy atom. The molecule has 1 fully saturated rings. The second kappa shape index (κ2) is 8.13. The molecule has 2 aromatic rings. The molecule has 0 aromatic carbocycles. The van der Waals surface area contributed by atoms with Crippen LogP contribution in [0.3, 0.4) is 0 Å². The van der Waals surface area contributed by atoms with Crippen molar-refractivity contribution in [3.8, 4) is 0 Å². The molecule has 0 bridgehead atoms. The summed E-state index contributed by atoms with van der Waals surface area (Å²) in [5, 5.41) is 0.798. The summed E-state index contributed by atoms with van der Waals surface area (Å²) < 4.78 is 5.53. The Bertz CT molecular complexity index is 852. The number of aryl methyl sites for hydroxylation is 2. The molecule has 0 amide bonds. The Balaban J connectivity index is 1.28. The van der Waals surface area contributed by atoms with Crippen molar-refractivity contribution in [3.63, 3.8) is 0 Å². The van der Waals surface area contributed by atoms with Gasteiger partial charge in [-0.2, -0.15) is 11.8 Å². The molecule has 0 saturated heterocycles. The number of hydrogen-bond donors (Lipinski definition) is 1. The molecule has 2 heterocycles. The van der Waals surface area contributed by atoms with Crippen molar-refractivity contribution in [3.05, 3.63) is 26.6 Å². The maximum Gasteiger partial charge on any atom is 0.306 e. The fourth-order valence-electron chi connectivity index (χ4n) is 3.87. The van der Waals surface area contributed by atoms with E-state index >= 15 is 0 Å². The molecule has 7 heteroatoms. The third kappa shape index (κ3) is 3.98. The van der Waals surface area contributed by atoms with Crippen LogP contribution in [0.1, 0.15) is 61.2 Å². The Labute approximate surface area is 160 Å². The van der Waals surface area contributed by atoms with E-state index in [1.807, 2.05) is 0 Å². The standard InChI is InChI=1S/C19H24N2O3S2/c22-16(24-12-5-2-1-3-6-12)9-10-25-11-15-20-18(23)17-13-7-4-8-14(13)26-19(17)21-15/h12H,1-11H2,(H,20,21,23). The minimum absolute atomic E-state index is 0.0123. The largest absolute Gasteiger partial charge is 0.462 e. The van der Waals surface area contributed by atoms with Gasteiger partial charge in [-0.05, 0) is 50.5 Å². The lowest BCUT2D eigenvalue weighted by molar-refractivity contribution is -0.149. The number of thioether (sulfide) groups is 1. The Morgan fingerprint density at radius 3 is 2.92 bits per heavy atom. The summed E-state index contributed by atoms with van der Waals surface area (Å²) >= 11 is 3.28. The number of esters is 1. The van der Waals surface area contributed by atoms with E-state index in [-0.39, 0.29) is 17.6 Å². The van der Waals surface area contributed by atoms with Gasteiger partial charge in [0.2, 0.25) is 0 Å². The zero-order chi connectivity index (χ0) is 17.9. The van der Waals surface area contributed by atoms with Gasteiger partial charge >= 0.3 is 5.97 Å². The van der Waals surface area contributed by atoms with Gasteiger partial charge in [0.15, 0.2) is 0 Å². The molecular formula is C19H24N2O3S2. The van der Waals surface area contributed by atoms with E-state index in [1.165, 1.54) is 29.7 Å². The van der Waals surface area contributed by atoms with Crippen molar-refractivity contribution in [2.75, 3.05) is 5.75 Å². The maximum atomic E-state index is 12.4. The number of carbonyl (C=O) groups is 1. The van der Waals surface area contributed by atoms with Gasteiger partial charge in [0.1, 0.15) is 16.8 Å². The minimum atomic E-state index is -0.101. The van der Waals surface area contributed by atoms with Gasteiger partial charge in [0, 0.05) is 10.6 Å². The molecule has 0 unspecified atom stereocenters. The lowest BCUT2D eigenvalue weighted by atomic mass is 9.98. The molecule has 2 aliphatic rings. The summed E-state index contributed by atoms with van der Waals surface area (Å²) in [7, 11) is 0. The molecular weight excluding hydrogens is 368 g/mol. The molecule has 0 radical (unpaired) electrons. The molecule has 26 heavy (non-hydrogen) atoms. The summed E-state index contributed by atoms with van der Waals surface area (Å²) in [4.78, 5) is 34.1. The van der Waals surface area contributed by atoms with Crippen molar-refractivity contribution in [2.24, 2.45) is 0 Å². The molecule has 2 aromatic heterocycles. The number of nitrogens with zero attached hydrogens (tertiary/aromatic N) is 1. The van der Waals surface area contributed by atoms with E-state index in [0.29, 0.717) is 23.8 Å². The van der Waals surface area contributed by atoms with Crippen molar-refractivity contribution < 1.29 is 9.53 Å². The smallest absolute Gasteiger partial charge is 0.306 e. The van der Waals surface area contributed by atoms with Gasteiger partial charge < -0.3 is 9.72 Å². The number of ether oxygens (including phenoxy) is 1. The van der Waals surface area contributed by atoms with Crippen LogP contribution in [0.25, 0.3) is 10.2 Å². The number of rotatable bonds is 6. The van der Waals surface area contributed by atoms with Crippen LogP contribution in [0, 0.1) is 0 Å². The lowest BCUT2D eigenvalue weighted by Crippen LogP contribution is -2.21. The highest BCUT2D eigenvalue weighted by atomic mass is 32.2. The number of aromatic amines is 1. The predicted octanol–water partition coefficient (Wildman–Crippen LogP) is 3.97. The highest BCUT2D eigenvalue weighted by Crippen LogP contribution is 2.34. The van der Waals surface area contributed by atoms with Gasteiger partial charge in [-0.15, -0.1) is 11.3 Å². The van der Waals surface area contributed by atoms with Gasteiger partial charge in [-0.25, -0.2) is 4.98 Å². The third-order valence-corrected chi connectivity index (χ3v) is 7.32. The molecule has 0 aliphatic heterocycles. The van der Waals surface area contributed by atoms with E-state index in [1.54, 1.807) is 23.1 Å². The summed E-state index contributed by atoms with van der Waals surface area (Å²) in [5.74, 6) is 1.91. The first-order valence-electron chi connectivity index (χ1n) is 9.51. The lowest BCUT2D eigenvalue weighted by Gasteiger charge is -2.21. The van der Waals surface area contributed by atoms with Crippen LogP contribution >= 0.6 is 23.1 Å². The average molecular weight is 393 g/mol. The Hall–Kier alpha value is -1.34. The normalized spacial score (nSPS) is 17.5. The van der Waals surface area contributed by atoms with E-state index in [0.717, 1.165) is 42.3 Å². The first kappa shape index (κ1) is 18.0. The van der Waals surface area contributed by atoms with E-state index < -0.39 is 0 Å². The van der Waals surface area contributed by atoms with Crippen LogP contribution < -0.4 is 5.56 Å². The van der Waals surface area contributed by atoms with Crippen LogP contribution in [0.15, 0.2) is 4.79 Å². The summed E-state index contributed by atoms with van der Waals surface area (Å²) in [6.07, 6.45) is 9.37. The first-order chi connectivity index (χ1) is 12.7. The molecule has 140 valence electrons. The van der Waals surface area contributed by atoms with Crippen LogP contribution in [-0.2, 0) is 28.1 Å². The molecule has 1 saturated carbocycles. The van der Waals surface area contributed by atoms with Crippen molar-refractivity contribution in [1.29, 1.82) is 0 Å². The monoisotopic (exact) mass is 392 g/mol. The summed E-state index contributed by atoms with van der Waals surface area (Å²) in [6.45, 7) is 0. The molecule has 0 spiro atoms. The highest BCUT2D eigenvalue weighted by molar-refractivity contribution is 7.98.